The molecule has 4 aromatic rings. The Hall–Kier alpha value is -3.16. The highest BCUT2D eigenvalue weighted by molar-refractivity contribution is 6.42. The molecule has 0 fully saturated rings. The number of hydrogen-bond acceptors (Lipinski definition) is 5. The molecule has 0 aliphatic heterocycles. The van der Waals surface area contributed by atoms with Gasteiger partial charge in [0.25, 0.3) is 5.91 Å². The Balaban J connectivity index is 1.47. The summed E-state index contributed by atoms with van der Waals surface area (Å²) in [5.41, 5.74) is 3.24. The Kier molecular flexibility index (Phi) is 5.33. The van der Waals surface area contributed by atoms with Crippen LogP contribution in [-0.2, 0) is 6.54 Å². The lowest BCUT2D eigenvalue weighted by molar-refractivity contribution is 0.102. The molecule has 0 aliphatic rings. The fraction of sp³-hybridized carbons (Fsp3) is 0.100. The van der Waals surface area contributed by atoms with Crippen LogP contribution in [0, 0.1) is 6.92 Å². The van der Waals surface area contributed by atoms with Crippen molar-refractivity contribution in [3.63, 3.8) is 0 Å². The normalized spacial score (nSPS) is 10.9. The summed E-state index contributed by atoms with van der Waals surface area (Å²) in [6.45, 7) is 2.21. The van der Waals surface area contributed by atoms with Crippen LogP contribution in [-0.4, -0.2) is 25.9 Å². The molecule has 29 heavy (non-hydrogen) atoms. The van der Waals surface area contributed by atoms with E-state index < -0.39 is 0 Å². The number of rotatable bonds is 5. The van der Waals surface area contributed by atoms with Crippen molar-refractivity contribution in [2.75, 3.05) is 5.32 Å². The lowest BCUT2D eigenvalue weighted by atomic mass is 10.2. The molecule has 0 bridgehead atoms. The molecule has 2 aromatic carbocycles. The molecular formula is C20H15Cl2N5O2. The Labute approximate surface area is 176 Å². The Morgan fingerprint density at radius 2 is 1.93 bits per heavy atom. The Bertz CT molecular complexity index is 1150. The first-order valence-corrected chi connectivity index (χ1v) is 9.42. The van der Waals surface area contributed by atoms with Crippen LogP contribution in [0.15, 0.2) is 59.3 Å². The third kappa shape index (κ3) is 4.16. The minimum absolute atomic E-state index is 0.252. The first-order chi connectivity index (χ1) is 14.0. The molecule has 146 valence electrons. The third-order valence-corrected chi connectivity index (χ3v) is 5.08. The maximum Gasteiger partial charge on any atom is 0.278 e. The van der Waals surface area contributed by atoms with Gasteiger partial charge in [0.05, 0.1) is 28.5 Å². The first kappa shape index (κ1) is 19.2. The summed E-state index contributed by atoms with van der Waals surface area (Å²) in [6.07, 6.45) is 3.09. The fourth-order valence-electron chi connectivity index (χ4n) is 2.78. The predicted octanol–water partition coefficient (Wildman–Crippen LogP) is 4.85. The lowest BCUT2D eigenvalue weighted by Crippen LogP contribution is -2.14. The summed E-state index contributed by atoms with van der Waals surface area (Å²) in [5.74, 6) is 0.177. The average Bonchev–Trinajstić information content (AvgIpc) is 3.36. The van der Waals surface area contributed by atoms with Gasteiger partial charge in [0.1, 0.15) is 6.26 Å². The van der Waals surface area contributed by atoms with E-state index in [-0.39, 0.29) is 11.6 Å². The molecule has 0 radical (unpaired) electrons. The molecule has 1 amide bonds. The number of nitrogens with zero attached hydrogens (tertiary/aromatic N) is 4. The highest BCUT2D eigenvalue weighted by atomic mass is 35.5. The zero-order valence-electron chi connectivity index (χ0n) is 15.3. The van der Waals surface area contributed by atoms with E-state index in [1.165, 1.54) is 6.26 Å². The summed E-state index contributed by atoms with van der Waals surface area (Å²) in [7, 11) is 0. The number of halogens is 2. The van der Waals surface area contributed by atoms with Gasteiger partial charge in [-0.3, -0.25) is 4.79 Å². The molecule has 1 N–H and O–H groups in total. The molecule has 2 heterocycles. The lowest BCUT2D eigenvalue weighted by Gasteiger charge is -2.06. The zero-order chi connectivity index (χ0) is 20.4. The topological polar surface area (TPSA) is 85.8 Å². The van der Waals surface area contributed by atoms with E-state index in [1.807, 2.05) is 18.2 Å². The van der Waals surface area contributed by atoms with Crippen molar-refractivity contribution in [2.45, 2.75) is 13.5 Å². The molecule has 7 nitrogen and oxygen atoms in total. The molecule has 2 aromatic heterocycles. The number of aromatic nitrogens is 4. The summed E-state index contributed by atoms with van der Waals surface area (Å²) in [5, 5.41) is 11.9. The maximum absolute atomic E-state index is 12.6. The predicted molar refractivity (Wildman–Crippen MR) is 110 cm³/mol. The number of hydrogen-bond donors (Lipinski definition) is 1. The van der Waals surface area contributed by atoms with Crippen LogP contribution >= 0.6 is 23.2 Å². The average molecular weight is 428 g/mol. The number of anilines is 1. The van der Waals surface area contributed by atoms with Gasteiger partial charge < -0.3 is 9.73 Å². The number of carbonyl (C=O) groups is 1. The molecule has 0 unspecified atom stereocenters. The second-order valence-electron chi connectivity index (χ2n) is 6.30. The number of benzene rings is 2. The Morgan fingerprint density at radius 3 is 2.62 bits per heavy atom. The van der Waals surface area contributed by atoms with Crippen LogP contribution in [0.25, 0.3) is 11.5 Å². The van der Waals surface area contributed by atoms with Gasteiger partial charge in [-0.1, -0.05) is 34.5 Å². The zero-order valence-corrected chi connectivity index (χ0v) is 16.8. The van der Waals surface area contributed by atoms with Gasteiger partial charge in [0.2, 0.25) is 5.89 Å². The van der Waals surface area contributed by atoms with Crippen molar-refractivity contribution in [1.29, 1.82) is 0 Å². The fourth-order valence-corrected chi connectivity index (χ4v) is 3.10. The van der Waals surface area contributed by atoms with E-state index in [0.29, 0.717) is 33.9 Å². The van der Waals surface area contributed by atoms with Gasteiger partial charge >= 0.3 is 0 Å². The van der Waals surface area contributed by atoms with Crippen LogP contribution in [0.4, 0.5) is 5.69 Å². The van der Waals surface area contributed by atoms with Crippen molar-refractivity contribution in [2.24, 2.45) is 0 Å². The summed E-state index contributed by atoms with van der Waals surface area (Å²) >= 11 is 12.0. The maximum atomic E-state index is 12.6. The summed E-state index contributed by atoms with van der Waals surface area (Å²) in [4.78, 5) is 16.7. The highest BCUT2D eigenvalue weighted by Crippen LogP contribution is 2.23. The molecule has 0 aliphatic carbocycles. The van der Waals surface area contributed by atoms with Gasteiger partial charge in [-0.25, -0.2) is 9.67 Å². The third-order valence-electron chi connectivity index (χ3n) is 4.34. The van der Waals surface area contributed by atoms with Crippen LogP contribution in [0.5, 0.6) is 0 Å². The van der Waals surface area contributed by atoms with Gasteiger partial charge in [-0.05, 0) is 48.9 Å². The molecule has 9 heteroatoms. The number of amides is 1. The molecule has 0 spiro atoms. The van der Waals surface area contributed by atoms with Gasteiger partial charge in [0.15, 0.2) is 5.69 Å². The number of carbonyl (C=O) groups excluding carboxylic acids is 1. The first-order valence-electron chi connectivity index (χ1n) is 8.66. The number of nitrogens with one attached hydrogen (secondary N) is 1. The minimum atomic E-state index is -0.341. The quantitative estimate of drug-likeness (QED) is 0.491. The highest BCUT2D eigenvalue weighted by Gasteiger charge is 2.17. The monoisotopic (exact) mass is 427 g/mol. The van der Waals surface area contributed by atoms with E-state index >= 15 is 0 Å². The second kappa shape index (κ2) is 8.06. The van der Waals surface area contributed by atoms with Gasteiger partial charge in [0, 0.05) is 11.3 Å². The van der Waals surface area contributed by atoms with Crippen molar-refractivity contribution >= 4 is 34.8 Å². The molecule has 4 rings (SSSR count). The Morgan fingerprint density at radius 1 is 1.14 bits per heavy atom. The molecule has 0 atom stereocenters. The van der Waals surface area contributed by atoms with E-state index in [2.05, 4.69) is 20.6 Å². The smallest absolute Gasteiger partial charge is 0.278 e. The van der Waals surface area contributed by atoms with E-state index in [1.54, 1.807) is 42.1 Å². The summed E-state index contributed by atoms with van der Waals surface area (Å²) < 4.78 is 6.89. The van der Waals surface area contributed by atoms with Gasteiger partial charge in [-0.15, -0.1) is 5.10 Å². The van der Waals surface area contributed by atoms with Crippen LogP contribution in [0.1, 0.15) is 21.7 Å². The van der Waals surface area contributed by atoms with Crippen molar-refractivity contribution in [1.82, 2.24) is 20.0 Å². The van der Waals surface area contributed by atoms with Crippen LogP contribution in [0.2, 0.25) is 10.0 Å². The SMILES string of the molecule is Cc1c(C(=O)Nc2ccc(-c3ncco3)cc2)nnn1Cc1ccc(Cl)c(Cl)c1. The minimum Gasteiger partial charge on any atom is -0.445 e. The van der Waals surface area contributed by atoms with Crippen molar-refractivity contribution < 1.29 is 9.21 Å². The molecule has 0 saturated heterocycles. The van der Waals surface area contributed by atoms with E-state index in [4.69, 9.17) is 27.6 Å². The van der Waals surface area contributed by atoms with E-state index in [0.717, 1.165) is 11.1 Å². The summed E-state index contributed by atoms with van der Waals surface area (Å²) in [6, 6.07) is 12.5. The largest absolute Gasteiger partial charge is 0.445 e. The van der Waals surface area contributed by atoms with Gasteiger partial charge in [-0.2, -0.15) is 0 Å². The van der Waals surface area contributed by atoms with Crippen molar-refractivity contribution in [3.05, 3.63) is 81.9 Å². The van der Waals surface area contributed by atoms with Crippen LogP contribution < -0.4 is 5.32 Å². The molecular weight excluding hydrogens is 413 g/mol. The second-order valence-corrected chi connectivity index (χ2v) is 7.11. The molecule has 0 saturated carbocycles. The van der Waals surface area contributed by atoms with E-state index in [9.17, 15) is 4.79 Å². The number of oxazole rings is 1. The standard InChI is InChI=1S/C20H15Cl2N5O2/c1-12-18(25-26-27(12)11-13-2-7-16(21)17(22)10-13)19(28)24-15-5-3-14(4-6-15)20-23-8-9-29-20/h2-10H,11H2,1H3,(H,24,28). The van der Waals surface area contributed by atoms with Crippen LogP contribution in [0.3, 0.4) is 0 Å². The van der Waals surface area contributed by atoms with Crippen molar-refractivity contribution in [3.8, 4) is 11.5 Å².